The summed E-state index contributed by atoms with van der Waals surface area (Å²) >= 11 is 0. The Morgan fingerprint density at radius 3 is 2.88 bits per heavy atom. The SMILES string of the molecule is CC(CC1CCC1)N1CCOCC1C(=O)O. The minimum Gasteiger partial charge on any atom is -0.480 e. The lowest BCUT2D eigenvalue weighted by Crippen LogP contribution is -2.54. The molecule has 1 saturated carbocycles. The Bertz CT molecular complexity index is 253. The average Bonchev–Trinajstić information content (AvgIpc) is 2.23. The van der Waals surface area contributed by atoms with E-state index in [0.29, 0.717) is 19.3 Å². The Balaban J connectivity index is 1.90. The van der Waals surface area contributed by atoms with Gasteiger partial charge in [0.05, 0.1) is 13.2 Å². The van der Waals surface area contributed by atoms with Crippen LogP contribution >= 0.6 is 0 Å². The first-order chi connectivity index (χ1) is 7.68. The van der Waals surface area contributed by atoms with Crippen LogP contribution in [0.1, 0.15) is 32.6 Å². The molecule has 0 aromatic rings. The van der Waals surface area contributed by atoms with E-state index in [-0.39, 0.29) is 0 Å². The van der Waals surface area contributed by atoms with Crippen molar-refractivity contribution in [1.29, 1.82) is 0 Å². The standard InChI is InChI=1S/C12H21NO3/c1-9(7-10-3-2-4-10)13-5-6-16-8-11(13)12(14)15/h9-11H,2-8H2,1H3,(H,14,15). The molecular weight excluding hydrogens is 206 g/mol. The number of hydrogen-bond donors (Lipinski definition) is 1. The van der Waals surface area contributed by atoms with Crippen LogP contribution in [0, 0.1) is 5.92 Å². The van der Waals surface area contributed by atoms with E-state index < -0.39 is 12.0 Å². The van der Waals surface area contributed by atoms with Gasteiger partial charge in [-0.05, 0) is 19.3 Å². The molecule has 1 aliphatic heterocycles. The molecule has 0 aromatic carbocycles. The molecule has 1 aliphatic carbocycles. The number of nitrogens with zero attached hydrogens (tertiary/aromatic N) is 1. The van der Waals surface area contributed by atoms with Crippen LogP contribution in [0.3, 0.4) is 0 Å². The fourth-order valence-corrected chi connectivity index (χ4v) is 2.70. The molecule has 0 amide bonds. The molecule has 2 fully saturated rings. The molecule has 0 bridgehead atoms. The lowest BCUT2D eigenvalue weighted by atomic mass is 9.80. The number of ether oxygens (including phenoxy) is 1. The van der Waals surface area contributed by atoms with Crippen molar-refractivity contribution < 1.29 is 14.6 Å². The summed E-state index contributed by atoms with van der Waals surface area (Å²) in [7, 11) is 0. The second-order valence-corrected chi connectivity index (χ2v) is 5.05. The zero-order valence-corrected chi connectivity index (χ0v) is 9.89. The van der Waals surface area contributed by atoms with Crippen molar-refractivity contribution in [3.63, 3.8) is 0 Å². The van der Waals surface area contributed by atoms with Crippen molar-refractivity contribution in [2.45, 2.75) is 44.7 Å². The summed E-state index contributed by atoms with van der Waals surface area (Å²) < 4.78 is 5.25. The maximum Gasteiger partial charge on any atom is 0.323 e. The van der Waals surface area contributed by atoms with Gasteiger partial charge >= 0.3 is 5.97 Å². The topological polar surface area (TPSA) is 49.8 Å². The van der Waals surface area contributed by atoms with Crippen molar-refractivity contribution >= 4 is 5.97 Å². The average molecular weight is 227 g/mol. The highest BCUT2D eigenvalue weighted by atomic mass is 16.5. The fourth-order valence-electron chi connectivity index (χ4n) is 2.70. The van der Waals surface area contributed by atoms with Crippen molar-refractivity contribution in [1.82, 2.24) is 4.90 Å². The van der Waals surface area contributed by atoms with Crippen LogP contribution in [0.4, 0.5) is 0 Å². The van der Waals surface area contributed by atoms with E-state index in [2.05, 4.69) is 11.8 Å². The van der Waals surface area contributed by atoms with Crippen LogP contribution in [0.5, 0.6) is 0 Å². The molecule has 2 aliphatic rings. The molecule has 4 heteroatoms. The molecule has 4 nitrogen and oxygen atoms in total. The number of carboxylic acid groups (broad SMARTS) is 1. The fraction of sp³-hybridized carbons (Fsp3) is 0.917. The molecule has 2 atom stereocenters. The Morgan fingerprint density at radius 1 is 1.56 bits per heavy atom. The normalized spacial score (nSPS) is 29.7. The third-order valence-corrected chi connectivity index (χ3v) is 3.92. The van der Waals surface area contributed by atoms with Crippen LogP contribution in [0.25, 0.3) is 0 Å². The molecule has 2 unspecified atom stereocenters. The number of carboxylic acids is 1. The van der Waals surface area contributed by atoms with Crippen molar-refractivity contribution in [3.05, 3.63) is 0 Å². The lowest BCUT2D eigenvalue weighted by Gasteiger charge is -2.40. The summed E-state index contributed by atoms with van der Waals surface area (Å²) in [4.78, 5) is 13.2. The third kappa shape index (κ3) is 2.55. The van der Waals surface area contributed by atoms with Gasteiger partial charge in [-0.1, -0.05) is 19.3 Å². The number of morpholine rings is 1. The van der Waals surface area contributed by atoms with Crippen LogP contribution in [-0.4, -0.2) is 47.8 Å². The summed E-state index contributed by atoms with van der Waals surface area (Å²) in [5, 5.41) is 9.14. The summed E-state index contributed by atoms with van der Waals surface area (Å²) in [5.74, 6) is 0.0763. The summed E-state index contributed by atoms with van der Waals surface area (Å²) in [6.45, 7) is 3.91. The van der Waals surface area contributed by atoms with Crippen molar-refractivity contribution in [2.75, 3.05) is 19.8 Å². The summed E-state index contributed by atoms with van der Waals surface area (Å²) in [5.41, 5.74) is 0. The van der Waals surface area contributed by atoms with Crippen molar-refractivity contribution in [2.24, 2.45) is 5.92 Å². The molecule has 16 heavy (non-hydrogen) atoms. The van der Waals surface area contributed by atoms with Gasteiger partial charge < -0.3 is 9.84 Å². The van der Waals surface area contributed by atoms with E-state index in [1.54, 1.807) is 0 Å². The highest BCUT2D eigenvalue weighted by Gasteiger charge is 2.33. The maximum absolute atomic E-state index is 11.1. The van der Waals surface area contributed by atoms with Gasteiger partial charge in [-0.15, -0.1) is 0 Å². The molecule has 0 aromatic heterocycles. The smallest absolute Gasteiger partial charge is 0.323 e. The van der Waals surface area contributed by atoms with Gasteiger partial charge in [-0.3, -0.25) is 9.69 Å². The Kier molecular flexibility index (Phi) is 3.82. The Morgan fingerprint density at radius 2 is 2.31 bits per heavy atom. The van der Waals surface area contributed by atoms with E-state index in [1.165, 1.54) is 19.3 Å². The van der Waals surface area contributed by atoms with Crippen molar-refractivity contribution in [3.8, 4) is 0 Å². The molecular formula is C12H21NO3. The van der Waals surface area contributed by atoms with Crippen LogP contribution < -0.4 is 0 Å². The van der Waals surface area contributed by atoms with E-state index >= 15 is 0 Å². The van der Waals surface area contributed by atoms with Crippen LogP contribution in [0.2, 0.25) is 0 Å². The van der Waals surface area contributed by atoms with Gasteiger partial charge in [0, 0.05) is 12.6 Å². The third-order valence-electron chi connectivity index (χ3n) is 3.92. The van der Waals surface area contributed by atoms with Gasteiger partial charge in [0.25, 0.3) is 0 Å². The second-order valence-electron chi connectivity index (χ2n) is 5.05. The summed E-state index contributed by atoms with van der Waals surface area (Å²) in [6, 6.07) is -0.0703. The van der Waals surface area contributed by atoms with Gasteiger partial charge in [0.1, 0.15) is 6.04 Å². The second kappa shape index (κ2) is 5.15. The highest BCUT2D eigenvalue weighted by molar-refractivity contribution is 5.73. The lowest BCUT2D eigenvalue weighted by molar-refractivity contribution is -0.151. The minimum absolute atomic E-state index is 0.338. The number of rotatable bonds is 4. The van der Waals surface area contributed by atoms with Gasteiger partial charge in [-0.25, -0.2) is 0 Å². The molecule has 1 N–H and O–H groups in total. The number of hydrogen-bond acceptors (Lipinski definition) is 3. The monoisotopic (exact) mass is 227 g/mol. The van der Waals surface area contributed by atoms with Crippen LogP contribution in [0.15, 0.2) is 0 Å². The molecule has 92 valence electrons. The first-order valence-corrected chi connectivity index (χ1v) is 6.24. The molecule has 1 heterocycles. The first kappa shape index (κ1) is 11.9. The molecule has 0 spiro atoms. The quantitative estimate of drug-likeness (QED) is 0.787. The van der Waals surface area contributed by atoms with E-state index in [0.717, 1.165) is 18.9 Å². The minimum atomic E-state index is -0.750. The Hall–Kier alpha value is -0.610. The first-order valence-electron chi connectivity index (χ1n) is 6.24. The maximum atomic E-state index is 11.1. The van der Waals surface area contributed by atoms with E-state index in [1.807, 2.05) is 0 Å². The van der Waals surface area contributed by atoms with Gasteiger partial charge in [-0.2, -0.15) is 0 Å². The zero-order valence-electron chi connectivity index (χ0n) is 9.89. The largest absolute Gasteiger partial charge is 0.480 e. The van der Waals surface area contributed by atoms with E-state index in [4.69, 9.17) is 9.84 Å². The van der Waals surface area contributed by atoms with E-state index in [9.17, 15) is 4.79 Å². The van der Waals surface area contributed by atoms with Crippen LogP contribution in [-0.2, 0) is 9.53 Å². The predicted octanol–water partition coefficient (Wildman–Crippen LogP) is 1.35. The predicted molar refractivity (Wildman–Crippen MR) is 60.4 cm³/mol. The summed E-state index contributed by atoms with van der Waals surface area (Å²) in [6.07, 6.45) is 5.14. The van der Waals surface area contributed by atoms with Gasteiger partial charge in [0.2, 0.25) is 0 Å². The molecule has 0 radical (unpaired) electrons. The van der Waals surface area contributed by atoms with Gasteiger partial charge in [0.15, 0.2) is 0 Å². The zero-order chi connectivity index (χ0) is 11.5. The Labute approximate surface area is 96.6 Å². The molecule has 1 saturated heterocycles. The molecule has 2 rings (SSSR count). The number of aliphatic carboxylic acids is 1. The highest BCUT2D eigenvalue weighted by Crippen LogP contribution is 2.32. The number of carbonyl (C=O) groups is 1.